The molecular formula is C17H19N3O2S2. The molecule has 0 unspecified atom stereocenters. The van der Waals surface area contributed by atoms with Gasteiger partial charge in [-0.25, -0.2) is 13.1 Å². The third-order valence-electron chi connectivity index (χ3n) is 3.99. The van der Waals surface area contributed by atoms with Crippen molar-refractivity contribution in [3.05, 3.63) is 58.6 Å². The molecule has 0 radical (unpaired) electrons. The lowest BCUT2D eigenvalue weighted by atomic mass is 10.1. The van der Waals surface area contributed by atoms with Crippen LogP contribution in [0, 0.1) is 13.8 Å². The van der Waals surface area contributed by atoms with Gasteiger partial charge in [-0.2, -0.15) is 5.10 Å². The molecule has 0 saturated carbocycles. The van der Waals surface area contributed by atoms with Crippen molar-refractivity contribution in [1.82, 2.24) is 14.5 Å². The van der Waals surface area contributed by atoms with Crippen molar-refractivity contribution < 1.29 is 8.42 Å². The van der Waals surface area contributed by atoms with Gasteiger partial charge in [0.25, 0.3) is 0 Å². The van der Waals surface area contributed by atoms with Gasteiger partial charge in [0.05, 0.1) is 5.69 Å². The lowest BCUT2D eigenvalue weighted by molar-refractivity contribution is 0.583. The van der Waals surface area contributed by atoms with Crippen LogP contribution < -0.4 is 4.72 Å². The van der Waals surface area contributed by atoms with Crippen molar-refractivity contribution >= 4 is 21.4 Å². The van der Waals surface area contributed by atoms with Crippen molar-refractivity contribution in [2.45, 2.75) is 24.6 Å². The number of hydrogen-bond acceptors (Lipinski definition) is 4. The Bertz CT molecular complexity index is 971. The molecule has 0 fully saturated rings. The fraction of sp³-hybridized carbons (Fsp3) is 0.235. The molecule has 24 heavy (non-hydrogen) atoms. The molecule has 5 nitrogen and oxygen atoms in total. The van der Waals surface area contributed by atoms with Gasteiger partial charge in [0, 0.05) is 30.7 Å². The van der Waals surface area contributed by atoms with Gasteiger partial charge >= 0.3 is 0 Å². The van der Waals surface area contributed by atoms with Gasteiger partial charge < -0.3 is 0 Å². The van der Waals surface area contributed by atoms with Crippen LogP contribution in [-0.4, -0.2) is 18.2 Å². The number of aryl methyl sites for hydroxylation is 3. The highest BCUT2D eigenvalue weighted by Gasteiger charge is 2.18. The summed E-state index contributed by atoms with van der Waals surface area (Å²) in [6.45, 7) is 4.34. The standard InChI is InChI=1S/C17H19N3O2S2/c1-12-4-5-14(8-13(12)2)10-19-24(21,22)17-9-15(11-23-17)16-6-7-18-20(16)3/h4-9,11,19H,10H2,1-3H3. The van der Waals surface area contributed by atoms with Crippen LogP contribution >= 0.6 is 11.3 Å². The fourth-order valence-electron chi connectivity index (χ4n) is 2.41. The molecule has 2 aromatic heterocycles. The van der Waals surface area contributed by atoms with Crippen LogP contribution in [0.5, 0.6) is 0 Å². The van der Waals surface area contributed by atoms with Crippen molar-refractivity contribution in [3.63, 3.8) is 0 Å². The molecule has 126 valence electrons. The lowest BCUT2D eigenvalue weighted by Crippen LogP contribution is -2.22. The third-order valence-corrected chi connectivity index (χ3v) is 6.84. The largest absolute Gasteiger partial charge is 0.268 e. The topological polar surface area (TPSA) is 64.0 Å². The van der Waals surface area contributed by atoms with Gasteiger partial charge in [-0.15, -0.1) is 11.3 Å². The van der Waals surface area contributed by atoms with E-state index in [0.717, 1.165) is 22.4 Å². The molecule has 0 aliphatic carbocycles. The van der Waals surface area contributed by atoms with E-state index in [9.17, 15) is 8.42 Å². The molecule has 1 N–H and O–H groups in total. The summed E-state index contributed by atoms with van der Waals surface area (Å²) >= 11 is 1.21. The number of thiophene rings is 1. The highest BCUT2D eigenvalue weighted by molar-refractivity contribution is 7.91. The van der Waals surface area contributed by atoms with E-state index in [-0.39, 0.29) is 6.54 Å². The van der Waals surface area contributed by atoms with E-state index in [1.54, 1.807) is 16.9 Å². The Hall–Kier alpha value is -1.96. The van der Waals surface area contributed by atoms with E-state index < -0.39 is 10.0 Å². The summed E-state index contributed by atoms with van der Waals surface area (Å²) in [5.41, 5.74) is 5.04. The average Bonchev–Trinajstić information content (AvgIpc) is 3.17. The Kier molecular flexibility index (Phi) is 4.58. The second-order valence-electron chi connectivity index (χ2n) is 5.74. The van der Waals surface area contributed by atoms with E-state index in [1.807, 2.05) is 50.5 Å². The van der Waals surface area contributed by atoms with Crippen molar-refractivity contribution in [1.29, 1.82) is 0 Å². The second kappa shape index (κ2) is 6.51. The maximum absolute atomic E-state index is 12.5. The summed E-state index contributed by atoms with van der Waals surface area (Å²) in [6.07, 6.45) is 1.69. The van der Waals surface area contributed by atoms with Crippen LogP contribution in [0.25, 0.3) is 11.3 Å². The zero-order valence-electron chi connectivity index (χ0n) is 13.8. The summed E-state index contributed by atoms with van der Waals surface area (Å²) in [5.74, 6) is 0. The summed E-state index contributed by atoms with van der Waals surface area (Å²) < 4.78 is 29.7. The first-order chi connectivity index (χ1) is 11.4. The Balaban J connectivity index is 1.77. The Morgan fingerprint density at radius 1 is 1.17 bits per heavy atom. The fourth-order valence-corrected chi connectivity index (χ4v) is 4.65. The number of hydrogen-bond donors (Lipinski definition) is 1. The van der Waals surface area contributed by atoms with Gasteiger partial charge in [0.2, 0.25) is 10.0 Å². The normalized spacial score (nSPS) is 11.8. The molecule has 0 amide bonds. The predicted molar refractivity (Wildman–Crippen MR) is 96.5 cm³/mol. The Labute approximate surface area is 146 Å². The quantitative estimate of drug-likeness (QED) is 0.759. The number of aromatic nitrogens is 2. The van der Waals surface area contributed by atoms with Crippen LogP contribution in [0.1, 0.15) is 16.7 Å². The summed E-state index contributed by atoms with van der Waals surface area (Å²) in [7, 11) is -1.69. The maximum Gasteiger partial charge on any atom is 0.250 e. The van der Waals surface area contributed by atoms with Crippen LogP contribution in [-0.2, 0) is 23.6 Å². The molecule has 0 saturated heterocycles. The molecule has 0 spiro atoms. The molecule has 3 aromatic rings. The van der Waals surface area contributed by atoms with Crippen LogP contribution in [0.15, 0.2) is 46.1 Å². The number of sulfonamides is 1. The molecule has 3 rings (SSSR count). The molecule has 0 aliphatic heterocycles. The lowest BCUT2D eigenvalue weighted by Gasteiger charge is -2.07. The van der Waals surface area contributed by atoms with Crippen molar-refractivity contribution in [2.75, 3.05) is 0 Å². The van der Waals surface area contributed by atoms with Gasteiger partial charge in [0.1, 0.15) is 4.21 Å². The molecule has 7 heteroatoms. The van der Waals surface area contributed by atoms with Crippen LogP contribution in [0.2, 0.25) is 0 Å². The molecule has 0 aliphatic rings. The molecule has 2 heterocycles. The molecule has 0 bridgehead atoms. The summed E-state index contributed by atoms with van der Waals surface area (Å²) in [5, 5.41) is 5.95. The molecule has 1 aromatic carbocycles. The Morgan fingerprint density at radius 2 is 1.96 bits per heavy atom. The van der Waals surface area contributed by atoms with Crippen molar-refractivity contribution in [2.24, 2.45) is 7.05 Å². The van der Waals surface area contributed by atoms with Crippen molar-refractivity contribution in [3.8, 4) is 11.3 Å². The van der Waals surface area contributed by atoms with E-state index in [2.05, 4.69) is 9.82 Å². The second-order valence-corrected chi connectivity index (χ2v) is 8.64. The first kappa shape index (κ1) is 16.9. The van der Waals surface area contributed by atoms with E-state index in [1.165, 1.54) is 16.9 Å². The summed E-state index contributed by atoms with van der Waals surface area (Å²) in [4.78, 5) is 0. The molecule has 0 atom stereocenters. The van der Waals surface area contributed by atoms with Gasteiger partial charge in [-0.3, -0.25) is 4.68 Å². The van der Waals surface area contributed by atoms with Gasteiger partial charge in [-0.1, -0.05) is 18.2 Å². The number of nitrogens with one attached hydrogen (secondary N) is 1. The number of rotatable bonds is 5. The smallest absolute Gasteiger partial charge is 0.250 e. The minimum atomic E-state index is -3.53. The predicted octanol–water partition coefficient (Wildman–Crippen LogP) is 3.24. The van der Waals surface area contributed by atoms with E-state index in [4.69, 9.17) is 0 Å². The van der Waals surface area contributed by atoms with Crippen LogP contribution in [0.4, 0.5) is 0 Å². The Morgan fingerprint density at radius 3 is 2.62 bits per heavy atom. The summed E-state index contributed by atoms with van der Waals surface area (Å²) in [6, 6.07) is 9.50. The molecular weight excluding hydrogens is 342 g/mol. The SMILES string of the molecule is Cc1ccc(CNS(=O)(=O)c2cc(-c3ccnn3C)cs2)cc1C. The van der Waals surface area contributed by atoms with Crippen LogP contribution in [0.3, 0.4) is 0 Å². The van der Waals surface area contributed by atoms with Gasteiger partial charge in [0.15, 0.2) is 0 Å². The zero-order chi connectivity index (χ0) is 17.3. The minimum Gasteiger partial charge on any atom is -0.268 e. The van der Waals surface area contributed by atoms with E-state index >= 15 is 0 Å². The highest BCUT2D eigenvalue weighted by atomic mass is 32.2. The first-order valence-corrected chi connectivity index (χ1v) is 9.86. The van der Waals surface area contributed by atoms with Gasteiger partial charge in [-0.05, 0) is 42.7 Å². The minimum absolute atomic E-state index is 0.280. The highest BCUT2D eigenvalue weighted by Crippen LogP contribution is 2.28. The third kappa shape index (κ3) is 3.43. The zero-order valence-corrected chi connectivity index (χ0v) is 15.4. The van der Waals surface area contributed by atoms with E-state index in [0.29, 0.717) is 4.21 Å². The monoisotopic (exact) mass is 361 g/mol. The number of benzene rings is 1. The number of nitrogens with zero attached hydrogens (tertiary/aromatic N) is 2. The average molecular weight is 361 g/mol. The maximum atomic E-state index is 12.5. The first-order valence-electron chi connectivity index (χ1n) is 7.49.